The predicted octanol–water partition coefficient (Wildman–Crippen LogP) is 2.90. The van der Waals surface area contributed by atoms with E-state index in [9.17, 15) is 9.18 Å². The lowest BCUT2D eigenvalue weighted by Gasteiger charge is -2.07. The molecule has 0 aliphatic carbocycles. The van der Waals surface area contributed by atoms with E-state index in [0.29, 0.717) is 5.56 Å². The molecule has 0 fully saturated rings. The van der Waals surface area contributed by atoms with Crippen LogP contribution in [0.4, 0.5) is 4.39 Å². The van der Waals surface area contributed by atoms with Crippen molar-refractivity contribution in [3.05, 3.63) is 71.8 Å². The summed E-state index contributed by atoms with van der Waals surface area (Å²) in [4.78, 5) is 15.4. The molecule has 1 heterocycles. The fraction of sp³-hybridized carbons (Fsp3) is 0.125. The van der Waals surface area contributed by atoms with Gasteiger partial charge in [0.1, 0.15) is 12.3 Å². The monoisotopic (exact) mass is 269 g/mol. The molecule has 100 valence electrons. The van der Waals surface area contributed by atoms with E-state index in [0.717, 1.165) is 5.56 Å². The van der Waals surface area contributed by atoms with Gasteiger partial charge in [-0.2, -0.15) is 4.39 Å². The van der Waals surface area contributed by atoms with Gasteiger partial charge < -0.3 is 4.74 Å². The number of rotatable bonds is 4. The molecule has 0 radical (unpaired) electrons. The first-order valence-electron chi connectivity index (χ1n) is 6.26. The quantitative estimate of drug-likeness (QED) is 0.632. The molecule has 1 atom stereocenters. The molecule has 1 aliphatic rings. The van der Waals surface area contributed by atoms with E-state index in [1.165, 1.54) is 0 Å². The van der Waals surface area contributed by atoms with E-state index < -0.39 is 11.8 Å². The van der Waals surface area contributed by atoms with Crippen LogP contribution in [0, 0.1) is 0 Å². The number of aliphatic imine (C=N–C) groups is 1. The van der Waals surface area contributed by atoms with Gasteiger partial charge in [0.25, 0.3) is 0 Å². The van der Waals surface area contributed by atoms with E-state index in [4.69, 9.17) is 4.74 Å². The highest BCUT2D eigenvalue weighted by Crippen LogP contribution is 2.35. The predicted molar refractivity (Wildman–Crippen MR) is 73.1 cm³/mol. The van der Waals surface area contributed by atoms with Crippen molar-refractivity contribution in [3.8, 4) is 0 Å². The zero-order chi connectivity index (χ0) is 14.0. The van der Waals surface area contributed by atoms with Crippen molar-refractivity contribution in [1.29, 1.82) is 0 Å². The second-order valence-corrected chi connectivity index (χ2v) is 4.51. The van der Waals surface area contributed by atoms with Crippen LogP contribution in [0.3, 0.4) is 0 Å². The summed E-state index contributed by atoms with van der Waals surface area (Å²) in [5.74, 6) is -3.27. The standard InChI is InChI=1S/C16H12FNO2/c17-16(14(18-16)13-9-5-2-6-10-13)15(19)20-11-12-7-3-1-4-8-12/h1-10H,11H2. The van der Waals surface area contributed by atoms with Crippen molar-refractivity contribution in [3.63, 3.8) is 0 Å². The van der Waals surface area contributed by atoms with E-state index >= 15 is 0 Å². The van der Waals surface area contributed by atoms with Gasteiger partial charge in [-0.3, -0.25) is 0 Å². The van der Waals surface area contributed by atoms with Crippen LogP contribution in [0.1, 0.15) is 11.1 Å². The molecule has 20 heavy (non-hydrogen) atoms. The Morgan fingerprint density at radius 3 is 2.30 bits per heavy atom. The summed E-state index contributed by atoms with van der Waals surface area (Å²) < 4.78 is 19.2. The van der Waals surface area contributed by atoms with Gasteiger partial charge in [-0.05, 0) is 5.56 Å². The molecule has 0 amide bonds. The van der Waals surface area contributed by atoms with Crippen LogP contribution >= 0.6 is 0 Å². The van der Waals surface area contributed by atoms with Crippen LogP contribution in [0.2, 0.25) is 0 Å². The number of hydrogen-bond acceptors (Lipinski definition) is 3. The molecule has 0 N–H and O–H groups in total. The lowest BCUT2D eigenvalue weighted by Crippen LogP contribution is -2.27. The van der Waals surface area contributed by atoms with Gasteiger partial charge in [0.05, 0.1) is 0 Å². The molecule has 3 rings (SSSR count). The number of benzene rings is 2. The van der Waals surface area contributed by atoms with Crippen molar-refractivity contribution in [2.75, 3.05) is 0 Å². The molecule has 0 saturated heterocycles. The zero-order valence-electron chi connectivity index (χ0n) is 10.6. The number of hydrogen-bond donors (Lipinski definition) is 0. The number of carbonyl (C=O) groups is 1. The Kier molecular flexibility index (Phi) is 3.06. The SMILES string of the molecule is O=C(OCc1ccccc1)C1(F)N=C1c1ccccc1. The molecule has 1 aliphatic heterocycles. The van der Waals surface area contributed by atoms with Gasteiger partial charge >= 0.3 is 11.8 Å². The highest BCUT2D eigenvalue weighted by Gasteiger charge is 2.57. The molecular formula is C16H12FNO2. The van der Waals surface area contributed by atoms with Crippen LogP contribution in [0.15, 0.2) is 65.7 Å². The lowest BCUT2D eigenvalue weighted by atomic mass is 10.1. The van der Waals surface area contributed by atoms with E-state index in [-0.39, 0.29) is 12.3 Å². The van der Waals surface area contributed by atoms with Crippen molar-refractivity contribution >= 4 is 11.7 Å². The van der Waals surface area contributed by atoms with Crippen LogP contribution < -0.4 is 0 Å². The molecule has 0 saturated carbocycles. The van der Waals surface area contributed by atoms with Crippen molar-refractivity contribution in [1.82, 2.24) is 0 Å². The summed E-state index contributed by atoms with van der Waals surface area (Å²) >= 11 is 0. The van der Waals surface area contributed by atoms with Crippen LogP contribution in [0.25, 0.3) is 0 Å². The van der Waals surface area contributed by atoms with Gasteiger partial charge in [-0.15, -0.1) is 0 Å². The van der Waals surface area contributed by atoms with Gasteiger partial charge in [-0.25, -0.2) is 9.79 Å². The Labute approximate surface area is 115 Å². The minimum atomic E-state index is -2.31. The molecule has 2 aromatic rings. The van der Waals surface area contributed by atoms with Crippen LogP contribution in [0.5, 0.6) is 0 Å². The van der Waals surface area contributed by atoms with Gasteiger partial charge in [0.15, 0.2) is 0 Å². The third-order valence-electron chi connectivity index (χ3n) is 3.06. The minimum Gasteiger partial charge on any atom is -0.457 e. The Balaban J connectivity index is 1.62. The maximum Gasteiger partial charge on any atom is 0.374 e. The first kappa shape index (κ1) is 12.5. The van der Waals surface area contributed by atoms with E-state index in [2.05, 4.69) is 4.99 Å². The summed E-state index contributed by atoms with van der Waals surface area (Å²) in [6.07, 6.45) is 0. The number of alkyl halides is 1. The Morgan fingerprint density at radius 1 is 1.05 bits per heavy atom. The highest BCUT2D eigenvalue weighted by molar-refractivity contribution is 6.27. The third kappa shape index (κ3) is 2.32. The third-order valence-corrected chi connectivity index (χ3v) is 3.06. The number of nitrogens with zero attached hydrogens (tertiary/aromatic N) is 1. The Bertz CT molecular complexity index is 655. The Morgan fingerprint density at radius 2 is 1.65 bits per heavy atom. The topological polar surface area (TPSA) is 38.7 Å². The van der Waals surface area contributed by atoms with Crippen molar-refractivity contribution in [2.45, 2.75) is 12.4 Å². The average molecular weight is 269 g/mol. The van der Waals surface area contributed by atoms with Gasteiger partial charge in [0.2, 0.25) is 0 Å². The van der Waals surface area contributed by atoms with Crippen molar-refractivity contribution in [2.24, 2.45) is 4.99 Å². The summed E-state index contributed by atoms with van der Waals surface area (Å²) in [5.41, 5.74) is 1.55. The molecule has 1 unspecified atom stereocenters. The number of carbonyl (C=O) groups excluding carboxylic acids is 1. The number of ether oxygens (including phenoxy) is 1. The summed E-state index contributed by atoms with van der Waals surface area (Å²) in [6, 6.07) is 17.9. The molecule has 0 spiro atoms. The first-order valence-corrected chi connectivity index (χ1v) is 6.26. The van der Waals surface area contributed by atoms with E-state index in [1.807, 2.05) is 36.4 Å². The number of halogens is 1. The average Bonchev–Trinajstić information content (AvgIpc) is 3.20. The maximum absolute atomic E-state index is 14.3. The molecule has 4 heteroatoms. The highest BCUT2D eigenvalue weighted by atomic mass is 19.1. The molecule has 0 bridgehead atoms. The van der Waals surface area contributed by atoms with Crippen LogP contribution in [-0.2, 0) is 16.1 Å². The van der Waals surface area contributed by atoms with Gasteiger partial charge in [-0.1, -0.05) is 60.7 Å². The largest absolute Gasteiger partial charge is 0.457 e. The summed E-state index contributed by atoms with van der Waals surface area (Å²) in [7, 11) is 0. The second-order valence-electron chi connectivity index (χ2n) is 4.51. The molecule has 3 nitrogen and oxygen atoms in total. The lowest BCUT2D eigenvalue weighted by molar-refractivity contribution is -0.152. The summed E-state index contributed by atoms with van der Waals surface area (Å²) in [5, 5.41) is 0. The Hall–Kier alpha value is -2.49. The number of esters is 1. The maximum atomic E-state index is 14.3. The fourth-order valence-corrected chi connectivity index (χ4v) is 1.94. The molecule has 0 aromatic heterocycles. The smallest absolute Gasteiger partial charge is 0.374 e. The van der Waals surface area contributed by atoms with Crippen molar-refractivity contribution < 1.29 is 13.9 Å². The van der Waals surface area contributed by atoms with Crippen LogP contribution in [-0.4, -0.2) is 17.5 Å². The minimum absolute atomic E-state index is 0.0446. The summed E-state index contributed by atoms with van der Waals surface area (Å²) in [6.45, 7) is 0.0446. The van der Waals surface area contributed by atoms with Gasteiger partial charge in [0, 0.05) is 5.56 Å². The zero-order valence-corrected chi connectivity index (χ0v) is 10.6. The first-order chi connectivity index (χ1) is 9.70. The second kappa shape index (κ2) is 4.89. The van der Waals surface area contributed by atoms with E-state index in [1.54, 1.807) is 24.3 Å². The molecular weight excluding hydrogens is 257 g/mol. The normalized spacial score (nSPS) is 20.1. The fourth-order valence-electron chi connectivity index (χ4n) is 1.94. The molecule has 2 aromatic carbocycles.